The van der Waals surface area contributed by atoms with Crippen LogP contribution in [-0.4, -0.2) is 23.4 Å². The quantitative estimate of drug-likeness (QED) is 0.388. The lowest BCUT2D eigenvalue weighted by atomic mass is 10.2. The SMILES string of the molecule is O=C1NC2CCNC2=C1[N+](=O)[O-]. The Balaban J connectivity index is 2.43. The Kier molecular flexibility index (Phi) is 1.30. The Labute approximate surface area is 67.8 Å². The predicted molar refractivity (Wildman–Crippen MR) is 38.6 cm³/mol. The van der Waals surface area contributed by atoms with Gasteiger partial charge in [-0.2, -0.15) is 0 Å². The molecule has 0 saturated carbocycles. The maximum atomic E-state index is 11.0. The van der Waals surface area contributed by atoms with E-state index in [0.717, 1.165) is 6.42 Å². The molecule has 2 rings (SSSR count). The van der Waals surface area contributed by atoms with E-state index in [1.54, 1.807) is 0 Å². The van der Waals surface area contributed by atoms with Crippen LogP contribution in [-0.2, 0) is 4.79 Å². The molecular formula is C6H7N3O3. The van der Waals surface area contributed by atoms with Gasteiger partial charge >= 0.3 is 11.6 Å². The molecule has 1 unspecified atom stereocenters. The van der Waals surface area contributed by atoms with Crippen LogP contribution in [0.4, 0.5) is 0 Å². The molecule has 1 amide bonds. The minimum absolute atomic E-state index is 0.155. The highest BCUT2D eigenvalue weighted by molar-refractivity contribution is 5.95. The zero-order valence-electron chi connectivity index (χ0n) is 6.16. The Morgan fingerprint density at radius 3 is 3.00 bits per heavy atom. The van der Waals surface area contributed by atoms with Crippen molar-refractivity contribution < 1.29 is 9.72 Å². The highest BCUT2D eigenvalue weighted by Gasteiger charge is 2.42. The van der Waals surface area contributed by atoms with Gasteiger partial charge < -0.3 is 10.6 Å². The van der Waals surface area contributed by atoms with Crippen LogP contribution in [0.3, 0.4) is 0 Å². The number of hydrogen-bond donors (Lipinski definition) is 2. The first kappa shape index (κ1) is 7.08. The highest BCUT2D eigenvalue weighted by atomic mass is 16.6. The zero-order valence-corrected chi connectivity index (χ0v) is 6.16. The van der Waals surface area contributed by atoms with Crippen molar-refractivity contribution >= 4 is 5.91 Å². The van der Waals surface area contributed by atoms with E-state index < -0.39 is 10.8 Å². The van der Waals surface area contributed by atoms with Crippen LogP contribution in [0.15, 0.2) is 11.4 Å². The van der Waals surface area contributed by atoms with Gasteiger partial charge in [-0.1, -0.05) is 0 Å². The van der Waals surface area contributed by atoms with Crippen molar-refractivity contribution in [1.82, 2.24) is 10.6 Å². The molecule has 64 valence electrons. The number of fused-ring (bicyclic) bond motifs is 1. The van der Waals surface area contributed by atoms with Crippen molar-refractivity contribution in [2.24, 2.45) is 0 Å². The molecule has 2 heterocycles. The minimum Gasteiger partial charge on any atom is -0.381 e. The Bertz CT molecular complexity index is 296. The number of amides is 1. The standard InChI is InChI=1S/C6H7N3O3/c10-6-5(9(11)12)4-3(8-6)1-2-7-4/h3,7H,1-2H2,(H,8,10). The Morgan fingerprint density at radius 2 is 2.33 bits per heavy atom. The van der Waals surface area contributed by atoms with Crippen LogP contribution in [0, 0.1) is 10.1 Å². The average molecular weight is 169 g/mol. The van der Waals surface area contributed by atoms with Crippen molar-refractivity contribution in [2.75, 3.05) is 6.54 Å². The molecule has 0 bridgehead atoms. The third-order valence-electron chi connectivity index (χ3n) is 2.06. The van der Waals surface area contributed by atoms with Crippen LogP contribution < -0.4 is 10.6 Å². The van der Waals surface area contributed by atoms with Gasteiger partial charge in [0, 0.05) is 6.54 Å². The molecule has 0 aliphatic carbocycles. The third-order valence-corrected chi connectivity index (χ3v) is 2.06. The molecule has 2 aliphatic heterocycles. The Morgan fingerprint density at radius 1 is 1.58 bits per heavy atom. The third kappa shape index (κ3) is 0.775. The second kappa shape index (κ2) is 2.20. The molecule has 0 aromatic carbocycles. The summed E-state index contributed by atoms with van der Waals surface area (Å²) in [5.74, 6) is -0.577. The molecule has 0 radical (unpaired) electrons. The second-order valence-electron chi connectivity index (χ2n) is 2.76. The lowest BCUT2D eigenvalue weighted by Crippen LogP contribution is -2.27. The summed E-state index contributed by atoms with van der Waals surface area (Å²) in [4.78, 5) is 20.7. The first-order valence-corrected chi connectivity index (χ1v) is 3.63. The van der Waals surface area contributed by atoms with Gasteiger partial charge in [-0.15, -0.1) is 0 Å². The average Bonchev–Trinajstić information content (AvgIpc) is 2.44. The Hall–Kier alpha value is -1.59. The van der Waals surface area contributed by atoms with E-state index in [-0.39, 0.29) is 11.7 Å². The largest absolute Gasteiger partial charge is 0.381 e. The van der Waals surface area contributed by atoms with E-state index in [0.29, 0.717) is 12.2 Å². The highest BCUT2D eigenvalue weighted by Crippen LogP contribution is 2.21. The van der Waals surface area contributed by atoms with Gasteiger partial charge in [0.2, 0.25) is 0 Å². The summed E-state index contributed by atoms with van der Waals surface area (Å²) < 4.78 is 0. The lowest BCUT2D eigenvalue weighted by Gasteiger charge is -1.98. The monoisotopic (exact) mass is 169 g/mol. The zero-order chi connectivity index (χ0) is 8.72. The maximum absolute atomic E-state index is 11.0. The van der Waals surface area contributed by atoms with Crippen LogP contribution in [0.5, 0.6) is 0 Å². The first-order valence-electron chi connectivity index (χ1n) is 3.63. The minimum atomic E-state index is -0.636. The van der Waals surface area contributed by atoms with Crippen molar-refractivity contribution in [1.29, 1.82) is 0 Å². The fraction of sp³-hybridized carbons (Fsp3) is 0.500. The number of nitrogens with one attached hydrogen (secondary N) is 2. The molecule has 1 fully saturated rings. The molecule has 0 aromatic heterocycles. The summed E-state index contributed by atoms with van der Waals surface area (Å²) in [5, 5.41) is 15.8. The summed E-state index contributed by atoms with van der Waals surface area (Å²) in [5.41, 5.74) is 0.127. The molecule has 2 aliphatic rings. The van der Waals surface area contributed by atoms with E-state index >= 15 is 0 Å². The van der Waals surface area contributed by atoms with Gasteiger partial charge in [-0.25, -0.2) is 0 Å². The maximum Gasteiger partial charge on any atom is 0.354 e. The summed E-state index contributed by atoms with van der Waals surface area (Å²) in [7, 11) is 0. The van der Waals surface area contributed by atoms with Crippen molar-refractivity contribution in [3.63, 3.8) is 0 Å². The van der Waals surface area contributed by atoms with Gasteiger partial charge in [0.25, 0.3) is 0 Å². The summed E-state index contributed by atoms with van der Waals surface area (Å²) in [6.07, 6.45) is 0.735. The number of hydrogen-bond acceptors (Lipinski definition) is 4. The van der Waals surface area contributed by atoms with E-state index in [4.69, 9.17) is 0 Å². The lowest BCUT2D eigenvalue weighted by molar-refractivity contribution is -0.419. The molecule has 0 spiro atoms. The number of nitro groups is 1. The molecule has 1 saturated heterocycles. The molecular weight excluding hydrogens is 162 g/mol. The first-order chi connectivity index (χ1) is 5.70. The van der Waals surface area contributed by atoms with Crippen LogP contribution in [0.2, 0.25) is 0 Å². The van der Waals surface area contributed by atoms with E-state index in [2.05, 4.69) is 10.6 Å². The molecule has 0 aromatic rings. The summed E-state index contributed by atoms with van der Waals surface area (Å²) in [6.45, 7) is 0.692. The van der Waals surface area contributed by atoms with Crippen molar-refractivity contribution in [3.8, 4) is 0 Å². The van der Waals surface area contributed by atoms with Crippen LogP contribution >= 0.6 is 0 Å². The number of rotatable bonds is 1. The van der Waals surface area contributed by atoms with Crippen molar-refractivity contribution in [2.45, 2.75) is 12.5 Å². The fourth-order valence-electron chi connectivity index (χ4n) is 1.54. The molecule has 1 atom stereocenters. The van der Waals surface area contributed by atoms with Crippen LogP contribution in [0.25, 0.3) is 0 Å². The van der Waals surface area contributed by atoms with Crippen molar-refractivity contribution in [3.05, 3.63) is 21.5 Å². The predicted octanol–water partition coefficient (Wildman–Crippen LogP) is -1.03. The van der Waals surface area contributed by atoms with Crippen LogP contribution in [0.1, 0.15) is 6.42 Å². The summed E-state index contributed by atoms with van der Waals surface area (Å²) >= 11 is 0. The number of carbonyl (C=O) groups is 1. The van der Waals surface area contributed by atoms with Gasteiger partial charge in [0.05, 0.1) is 11.0 Å². The van der Waals surface area contributed by atoms with Gasteiger partial charge in [-0.3, -0.25) is 14.9 Å². The molecule has 2 N–H and O–H groups in total. The van der Waals surface area contributed by atoms with Gasteiger partial charge in [0.1, 0.15) is 5.70 Å². The normalized spacial score (nSPS) is 26.7. The summed E-state index contributed by atoms with van der Waals surface area (Å²) in [6, 6.07) is -0.155. The van der Waals surface area contributed by atoms with Gasteiger partial charge in [0.15, 0.2) is 0 Å². The molecule has 12 heavy (non-hydrogen) atoms. The van der Waals surface area contributed by atoms with E-state index in [9.17, 15) is 14.9 Å². The van der Waals surface area contributed by atoms with Gasteiger partial charge in [-0.05, 0) is 6.42 Å². The van der Waals surface area contributed by atoms with E-state index in [1.807, 2.05) is 0 Å². The number of carbonyl (C=O) groups excluding carboxylic acids is 1. The smallest absolute Gasteiger partial charge is 0.354 e. The molecule has 6 nitrogen and oxygen atoms in total. The number of nitrogens with zero attached hydrogens (tertiary/aromatic N) is 1. The van der Waals surface area contributed by atoms with E-state index in [1.165, 1.54) is 0 Å². The molecule has 6 heteroatoms. The topological polar surface area (TPSA) is 84.3 Å². The fourth-order valence-corrected chi connectivity index (χ4v) is 1.54. The second-order valence-corrected chi connectivity index (χ2v) is 2.76.